The maximum Gasteiger partial charge on any atom is 0.225 e. The number of methoxy groups -OCH3 is 1. The second kappa shape index (κ2) is 9.51. The van der Waals surface area contributed by atoms with E-state index in [0.717, 1.165) is 24.0 Å². The van der Waals surface area contributed by atoms with Gasteiger partial charge in [0.25, 0.3) is 0 Å². The summed E-state index contributed by atoms with van der Waals surface area (Å²) in [6, 6.07) is 15.8. The van der Waals surface area contributed by atoms with Crippen LogP contribution in [0.5, 0.6) is 11.5 Å². The van der Waals surface area contributed by atoms with Crippen LogP contribution in [0.2, 0.25) is 0 Å². The zero-order valence-electron chi connectivity index (χ0n) is 16.7. The van der Waals surface area contributed by atoms with Gasteiger partial charge in [-0.1, -0.05) is 36.4 Å². The smallest absolute Gasteiger partial charge is 0.225 e. The third-order valence-electron chi connectivity index (χ3n) is 6.22. The number of hydrogen-bond donors (Lipinski definition) is 2. The zero-order valence-corrected chi connectivity index (χ0v) is 17.5. The molecule has 0 aromatic heterocycles. The molecule has 0 heterocycles. The van der Waals surface area contributed by atoms with E-state index in [1.54, 1.807) is 7.11 Å². The molecule has 4 atom stereocenters. The molecule has 2 bridgehead atoms. The highest BCUT2D eigenvalue weighted by atomic mass is 35.5. The van der Waals surface area contributed by atoms with E-state index in [-0.39, 0.29) is 30.3 Å². The van der Waals surface area contributed by atoms with Crippen molar-refractivity contribution in [3.8, 4) is 11.5 Å². The molecule has 0 saturated heterocycles. The zero-order chi connectivity index (χ0) is 19.5. The molecule has 4 rings (SSSR count). The van der Waals surface area contributed by atoms with Crippen LogP contribution in [0.1, 0.15) is 30.4 Å². The summed E-state index contributed by atoms with van der Waals surface area (Å²) in [4.78, 5) is 12.7. The van der Waals surface area contributed by atoms with E-state index in [4.69, 9.17) is 15.2 Å². The fraction of sp³-hybridized carbons (Fsp3) is 0.435. The van der Waals surface area contributed by atoms with Crippen molar-refractivity contribution in [3.63, 3.8) is 0 Å². The molecular weight excluding hydrogens is 388 g/mol. The summed E-state index contributed by atoms with van der Waals surface area (Å²) in [5.41, 5.74) is 8.36. The van der Waals surface area contributed by atoms with Crippen molar-refractivity contribution in [1.82, 2.24) is 5.32 Å². The Morgan fingerprint density at radius 1 is 1.07 bits per heavy atom. The summed E-state index contributed by atoms with van der Waals surface area (Å²) in [7, 11) is 1.63. The number of carbonyl (C=O) groups is 1. The van der Waals surface area contributed by atoms with Crippen molar-refractivity contribution in [2.75, 3.05) is 7.11 Å². The first kappa shape index (κ1) is 21.5. The lowest BCUT2D eigenvalue weighted by Crippen LogP contribution is -2.45. The van der Waals surface area contributed by atoms with E-state index in [1.165, 1.54) is 6.42 Å². The number of hydrogen-bond acceptors (Lipinski definition) is 4. The van der Waals surface area contributed by atoms with Gasteiger partial charge >= 0.3 is 0 Å². The van der Waals surface area contributed by atoms with E-state index < -0.39 is 0 Å². The number of rotatable bonds is 7. The summed E-state index contributed by atoms with van der Waals surface area (Å²) in [5.74, 6) is 2.40. The average Bonchev–Trinajstić information content (AvgIpc) is 3.33. The SMILES string of the molecule is COc1cc(CNC(=O)C2C3CCC(C3)C2N)ccc1OCc1ccccc1.Cl. The van der Waals surface area contributed by atoms with Gasteiger partial charge < -0.3 is 20.5 Å². The Hall–Kier alpha value is -2.24. The molecule has 6 heteroatoms. The Bertz CT molecular complexity index is 828. The van der Waals surface area contributed by atoms with Crippen LogP contribution in [0.15, 0.2) is 48.5 Å². The van der Waals surface area contributed by atoms with Crippen molar-refractivity contribution >= 4 is 18.3 Å². The van der Waals surface area contributed by atoms with Crippen LogP contribution in [-0.2, 0) is 17.9 Å². The first-order valence-electron chi connectivity index (χ1n) is 10.0. The standard InChI is InChI=1S/C23H28N2O3.ClH/c1-27-20-11-16(7-10-19(20)28-14-15-5-3-2-4-6-15)13-25-23(26)21-17-8-9-18(12-17)22(21)24;/h2-7,10-11,17-18,21-22H,8-9,12-14,24H2,1H3,(H,25,26);1H. The number of nitrogens with two attached hydrogens (primary N) is 1. The Balaban J connectivity index is 0.00000240. The lowest BCUT2D eigenvalue weighted by atomic mass is 9.84. The lowest BCUT2D eigenvalue weighted by Gasteiger charge is -2.27. The molecule has 1 amide bonds. The van der Waals surface area contributed by atoms with Gasteiger partial charge in [0, 0.05) is 12.6 Å². The molecule has 2 aliphatic carbocycles. The quantitative estimate of drug-likeness (QED) is 0.722. The molecule has 2 saturated carbocycles. The first-order chi connectivity index (χ1) is 13.7. The van der Waals surface area contributed by atoms with Gasteiger partial charge in [-0.2, -0.15) is 0 Å². The third-order valence-corrected chi connectivity index (χ3v) is 6.22. The van der Waals surface area contributed by atoms with Gasteiger partial charge in [0.1, 0.15) is 6.61 Å². The van der Waals surface area contributed by atoms with Gasteiger partial charge in [-0.3, -0.25) is 4.79 Å². The fourth-order valence-electron chi connectivity index (χ4n) is 4.71. The molecule has 4 unspecified atom stereocenters. The molecular formula is C23H29ClN2O3. The monoisotopic (exact) mass is 416 g/mol. The summed E-state index contributed by atoms with van der Waals surface area (Å²) >= 11 is 0. The maximum atomic E-state index is 12.7. The lowest BCUT2D eigenvalue weighted by molar-refractivity contribution is -0.127. The third kappa shape index (κ3) is 4.68. The normalized spacial score (nSPS) is 24.6. The number of nitrogens with one attached hydrogen (secondary N) is 1. The summed E-state index contributed by atoms with van der Waals surface area (Å²) in [6.45, 7) is 0.949. The van der Waals surface area contributed by atoms with E-state index in [1.807, 2.05) is 48.5 Å². The van der Waals surface area contributed by atoms with Crippen LogP contribution in [0.25, 0.3) is 0 Å². The number of amides is 1. The minimum absolute atomic E-state index is 0. The summed E-state index contributed by atoms with van der Waals surface area (Å²) in [5, 5.41) is 3.07. The fourth-order valence-corrected chi connectivity index (χ4v) is 4.71. The van der Waals surface area contributed by atoms with Crippen molar-refractivity contribution in [2.24, 2.45) is 23.5 Å². The Morgan fingerprint density at radius 3 is 2.52 bits per heavy atom. The molecule has 5 nitrogen and oxygen atoms in total. The Kier molecular flexibility index (Phi) is 7.04. The van der Waals surface area contributed by atoms with Gasteiger partial charge in [0.15, 0.2) is 11.5 Å². The Morgan fingerprint density at radius 2 is 1.83 bits per heavy atom. The van der Waals surface area contributed by atoms with Gasteiger partial charge in [-0.25, -0.2) is 0 Å². The number of fused-ring (bicyclic) bond motifs is 2. The molecule has 2 aliphatic rings. The molecule has 3 N–H and O–H groups in total. The minimum Gasteiger partial charge on any atom is -0.493 e. The van der Waals surface area contributed by atoms with Gasteiger partial charge in [-0.15, -0.1) is 12.4 Å². The number of carbonyl (C=O) groups excluding carboxylic acids is 1. The van der Waals surface area contributed by atoms with Crippen LogP contribution in [0.4, 0.5) is 0 Å². The van der Waals surface area contributed by atoms with Gasteiger partial charge in [0.2, 0.25) is 5.91 Å². The average molecular weight is 417 g/mol. The molecule has 2 fully saturated rings. The van der Waals surface area contributed by atoms with E-state index >= 15 is 0 Å². The molecule has 156 valence electrons. The van der Waals surface area contributed by atoms with Crippen LogP contribution in [0, 0.1) is 17.8 Å². The molecule has 2 aromatic rings. The predicted octanol–water partition coefficient (Wildman–Crippen LogP) is 3.69. The Labute approximate surface area is 178 Å². The van der Waals surface area contributed by atoms with Gasteiger partial charge in [-0.05, 0) is 54.4 Å². The van der Waals surface area contributed by atoms with Gasteiger partial charge in [0.05, 0.1) is 13.0 Å². The van der Waals surface area contributed by atoms with Crippen LogP contribution in [0.3, 0.4) is 0 Å². The second-order valence-electron chi connectivity index (χ2n) is 7.91. The molecule has 29 heavy (non-hydrogen) atoms. The first-order valence-corrected chi connectivity index (χ1v) is 10.0. The van der Waals surface area contributed by atoms with E-state index in [0.29, 0.717) is 36.5 Å². The van der Waals surface area contributed by atoms with Crippen molar-refractivity contribution in [2.45, 2.75) is 38.5 Å². The molecule has 0 spiro atoms. The highest BCUT2D eigenvalue weighted by molar-refractivity contribution is 5.85. The topological polar surface area (TPSA) is 73.6 Å². The van der Waals surface area contributed by atoms with E-state index in [2.05, 4.69) is 5.32 Å². The number of halogens is 1. The van der Waals surface area contributed by atoms with Crippen molar-refractivity contribution in [3.05, 3.63) is 59.7 Å². The molecule has 0 radical (unpaired) electrons. The summed E-state index contributed by atoms with van der Waals surface area (Å²) < 4.78 is 11.4. The van der Waals surface area contributed by atoms with Crippen molar-refractivity contribution in [1.29, 1.82) is 0 Å². The molecule has 0 aliphatic heterocycles. The maximum absolute atomic E-state index is 12.7. The molecule has 2 aromatic carbocycles. The number of benzene rings is 2. The van der Waals surface area contributed by atoms with Crippen LogP contribution >= 0.6 is 12.4 Å². The highest BCUT2D eigenvalue weighted by Crippen LogP contribution is 2.47. The van der Waals surface area contributed by atoms with Crippen molar-refractivity contribution < 1.29 is 14.3 Å². The highest BCUT2D eigenvalue weighted by Gasteiger charge is 2.48. The van der Waals surface area contributed by atoms with Crippen LogP contribution in [-0.4, -0.2) is 19.1 Å². The largest absolute Gasteiger partial charge is 0.493 e. The predicted molar refractivity (Wildman–Crippen MR) is 115 cm³/mol. The minimum atomic E-state index is -0.0332. The van der Waals surface area contributed by atoms with Crippen LogP contribution < -0.4 is 20.5 Å². The second-order valence-corrected chi connectivity index (χ2v) is 7.91. The van der Waals surface area contributed by atoms with E-state index in [9.17, 15) is 4.79 Å². The summed E-state index contributed by atoms with van der Waals surface area (Å²) in [6.07, 6.45) is 3.43. The number of ether oxygens (including phenoxy) is 2.